The summed E-state index contributed by atoms with van der Waals surface area (Å²) < 4.78 is 5.51. The van der Waals surface area contributed by atoms with Gasteiger partial charge in [-0.3, -0.25) is 9.59 Å². The Kier molecular flexibility index (Phi) is 5.46. The van der Waals surface area contributed by atoms with E-state index in [1.165, 1.54) is 19.3 Å². The largest absolute Gasteiger partial charge is 0.496 e. The minimum atomic E-state index is -0.549. The summed E-state index contributed by atoms with van der Waals surface area (Å²) in [5, 5.41) is 0. The summed E-state index contributed by atoms with van der Waals surface area (Å²) in [4.78, 5) is 30.2. The number of carbonyl (C=O) groups is 2. The van der Waals surface area contributed by atoms with Crippen LogP contribution in [0.5, 0.6) is 5.75 Å². The number of carbonyl (C=O) groups excluding carboxylic acids is 2. The smallest absolute Gasteiger partial charge is 0.230 e. The number of para-hydroxylation sites is 1. The molecule has 2 amide bonds. The summed E-state index contributed by atoms with van der Waals surface area (Å²) in [7, 11) is 5.33. The molecule has 5 heteroatoms. The number of hydrogen-bond donors (Lipinski definition) is 0. The molecule has 2 aromatic rings. The Morgan fingerprint density at radius 3 is 2.39 bits per heavy atom. The zero-order chi connectivity index (χ0) is 23.2. The fraction of sp³-hybridized carbons (Fsp3) is 0.500. The molecule has 174 valence electrons. The van der Waals surface area contributed by atoms with Gasteiger partial charge < -0.3 is 14.5 Å². The van der Waals surface area contributed by atoms with Gasteiger partial charge in [0.2, 0.25) is 11.8 Å². The van der Waals surface area contributed by atoms with Crippen LogP contribution in [0.3, 0.4) is 0 Å². The zero-order valence-electron chi connectivity index (χ0n) is 20.0. The number of ether oxygens (including phenoxy) is 1. The first-order chi connectivity index (χ1) is 15.9. The number of amides is 2. The van der Waals surface area contributed by atoms with E-state index in [2.05, 4.69) is 30.3 Å². The molecule has 3 aliphatic rings. The van der Waals surface area contributed by atoms with E-state index in [1.807, 2.05) is 37.2 Å². The molecule has 0 unspecified atom stereocenters. The molecule has 2 atom stereocenters. The highest BCUT2D eigenvalue weighted by molar-refractivity contribution is 5.87. The zero-order valence-corrected chi connectivity index (χ0v) is 20.0. The predicted octanol–water partition coefficient (Wildman–Crippen LogP) is 4.40. The molecule has 1 saturated heterocycles. The number of rotatable bonds is 6. The molecule has 5 nitrogen and oxygen atoms in total. The summed E-state index contributed by atoms with van der Waals surface area (Å²) in [6, 6.07) is 16.4. The Bertz CT molecular complexity index is 1060. The van der Waals surface area contributed by atoms with E-state index >= 15 is 0 Å². The molecule has 2 saturated carbocycles. The Labute approximate surface area is 196 Å². The first-order valence-corrected chi connectivity index (χ1v) is 12.1. The van der Waals surface area contributed by atoms with Crippen molar-refractivity contribution in [2.45, 2.75) is 38.5 Å². The third-order valence-electron chi connectivity index (χ3n) is 8.28. The van der Waals surface area contributed by atoms with E-state index in [4.69, 9.17) is 4.74 Å². The minimum absolute atomic E-state index is 0.126. The van der Waals surface area contributed by atoms with Crippen molar-refractivity contribution < 1.29 is 14.3 Å². The monoisotopic (exact) mass is 446 g/mol. The second-order valence-electron chi connectivity index (χ2n) is 10.5. The van der Waals surface area contributed by atoms with Gasteiger partial charge in [0.05, 0.1) is 12.5 Å². The van der Waals surface area contributed by atoms with Gasteiger partial charge in [-0.15, -0.1) is 0 Å². The van der Waals surface area contributed by atoms with Crippen molar-refractivity contribution in [1.29, 1.82) is 0 Å². The Morgan fingerprint density at radius 1 is 1.06 bits per heavy atom. The van der Waals surface area contributed by atoms with E-state index in [1.54, 1.807) is 12.0 Å². The van der Waals surface area contributed by atoms with Crippen molar-refractivity contribution in [3.8, 4) is 16.9 Å². The van der Waals surface area contributed by atoms with Crippen LogP contribution in [0.2, 0.25) is 0 Å². The quantitative estimate of drug-likeness (QED) is 0.661. The maximum atomic E-state index is 13.4. The standard InChI is InChI=1S/C28H34N2O3/c1-29(2)26(32)28(15-16-30(19-28)25(31)23-18-27(23)13-6-14-27)17-20-9-11-21(12-10-20)22-7-4-5-8-24(22)33-3/h4-5,7-12,23H,6,13-19H2,1-3H3/t23-,28-/m0/s1. The molecule has 0 aromatic heterocycles. The van der Waals surface area contributed by atoms with Crippen LogP contribution in [-0.4, -0.2) is 55.9 Å². The van der Waals surface area contributed by atoms with Gasteiger partial charge in [0.15, 0.2) is 0 Å². The lowest BCUT2D eigenvalue weighted by Crippen LogP contribution is -2.45. The average Bonchev–Trinajstić information content (AvgIpc) is 3.45. The van der Waals surface area contributed by atoms with Gasteiger partial charge >= 0.3 is 0 Å². The van der Waals surface area contributed by atoms with Crippen molar-refractivity contribution in [2.75, 3.05) is 34.3 Å². The third-order valence-corrected chi connectivity index (χ3v) is 8.28. The fourth-order valence-electron chi connectivity index (χ4n) is 6.11. The average molecular weight is 447 g/mol. The van der Waals surface area contributed by atoms with Crippen LogP contribution in [0.15, 0.2) is 48.5 Å². The minimum Gasteiger partial charge on any atom is -0.496 e. The topological polar surface area (TPSA) is 49.9 Å². The predicted molar refractivity (Wildman–Crippen MR) is 129 cm³/mol. The van der Waals surface area contributed by atoms with Gasteiger partial charge in [-0.1, -0.05) is 48.9 Å². The molecule has 2 aliphatic carbocycles. The van der Waals surface area contributed by atoms with Gasteiger partial charge in [0.1, 0.15) is 5.75 Å². The van der Waals surface area contributed by atoms with Crippen molar-refractivity contribution in [3.63, 3.8) is 0 Å². The van der Waals surface area contributed by atoms with Gasteiger partial charge in [-0.05, 0) is 54.7 Å². The van der Waals surface area contributed by atoms with Crippen LogP contribution < -0.4 is 4.74 Å². The molecular weight excluding hydrogens is 412 g/mol. The number of likely N-dealkylation sites (tertiary alicyclic amines) is 1. The molecule has 2 aromatic carbocycles. The molecule has 0 N–H and O–H groups in total. The summed E-state index contributed by atoms with van der Waals surface area (Å²) in [5.41, 5.74) is 3.04. The van der Waals surface area contributed by atoms with Crippen LogP contribution in [0.1, 0.15) is 37.7 Å². The number of nitrogens with zero attached hydrogens (tertiary/aromatic N) is 2. The van der Waals surface area contributed by atoms with Crippen LogP contribution in [-0.2, 0) is 16.0 Å². The van der Waals surface area contributed by atoms with Crippen LogP contribution >= 0.6 is 0 Å². The highest BCUT2D eigenvalue weighted by atomic mass is 16.5. The van der Waals surface area contributed by atoms with Gasteiger partial charge in [0, 0.05) is 38.7 Å². The van der Waals surface area contributed by atoms with Gasteiger partial charge in [-0.25, -0.2) is 0 Å². The van der Waals surface area contributed by atoms with Crippen LogP contribution in [0, 0.1) is 16.7 Å². The number of hydrogen-bond acceptors (Lipinski definition) is 3. The summed E-state index contributed by atoms with van der Waals surface area (Å²) in [6.07, 6.45) is 6.10. The maximum absolute atomic E-state index is 13.4. The molecular formula is C28H34N2O3. The molecule has 33 heavy (non-hydrogen) atoms. The molecule has 0 bridgehead atoms. The molecule has 0 radical (unpaired) electrons. The Balaban J connectivity index is 1.34. The van der Waals surface area contributed by atoms with Gasteiger partial charge in [0.25, 0.3) is 0 Å². The third kappa shape index (κ3) is 3.81. The summed E-state index contributed by atoms with van der Waals surface area (Å²) in [5.74, 6) is 1.46. The van der Waals surface area contributed by atoms with E-state index in [0.29, 0.717) is 24.9 Å². The fourth-order valence-corrected chi connectivity index (χ4v) is 6.11. The molecule has 5 rings (SSSR count). The lowest BCUT2D eigenvalue weighted by Gasteiger charge is -2.32. The van der Waals surface area contributed by atoms with Crippen molar-refractivity contribution in [1.82, 2.24) is 9.80 Å². The number of methoxy groups -OCH3 is 1. The highest BCUT2D eigenvalue weighted by Crippen LogP contribution is 2.66. The molecule has 1 spiro atoms. The Morgan fingerprint density at radius 2 is 1.79 bits per heavy atom. The van der Waals surface area contributed by atoms with Crippen molar-refractivity contribution >= 4 is 11.8 Å². The second-order valence-corrected chi connectivity index (χ2v) is 10.5. The number of benzene rings is 2. The van der Waals surface area contributed by atoms with E-state index in [0.717, 1.165) is 35.3 Å². The van der Waals surface area contributed by atoms with E-state index in [9.17, 15) is 9.59 Å². The molecule has 1 heterocycles. The second kappa shape index (κ2) is 8.19. The lowest BCUT2D eigenvalue weighted by molar-refractivity contribution is -0.140. The summed E-state index contributed by atoms with van der Waals surface area (Å²) in [6.45, 7) is 1.22. The van der Waals surface area contributed by atoms with Gasteiger partial charge in [-0.2, -0.15) is 0 Å². The summed E-state index contributed by atoms with van der Waals surface area (Å²) >= 11 is 0. The first-order valence-electron chi connectivity index (χ1n) is 12.1. The SMILES string of the molecule is COc1ccccc1-c1ccc(C[C@@]2(C(=O)N(C)C)CCN(C(=O)[C@@H]3CC34CCC4)C2)cc1. The molecule has 1 aliphatic heterocycles. The van der Waals surface area contributed by atoms with Crippen molar-refractivity contribution in [2.24, 2.45) is 16.7 Å². The Hall–Kier alpha value is -2.82. The van der Waals surface area contributed by atoms with Crippen LogP contribution in [0.4, 0.5) is 0 Å². The lowest BCUT2D eigenvalue weighted by atomic mass is 9.79. The first kappa shape index (κ1) is 22.0. The van der Waals surface area contributed by atoms with Crippen LogP contribution in [0.25, 0.3) is 11.1 Å². The molecule has 3 fully saturated rings. The normalized spacial score (nSPS) is 24.9. The van der Waals surface area contributed by atoms with E-state index < -0.39 is 5.41 Å². The highest BCUT2D eigenvalue weighted by Gasteiger charge is 2.62. The van der Waals surface area contributed by atoms with E-state index in [-0.39, 0.29) is 17.7 Å². The van der Waals surface area contributed by atoms with Crippen molar-refractivity contribution in [3.05, 3.63) is 54.1 Å². The maximum Gasteiger partial charge on any atom is 0.230 e.